The molecule has 3 unspecified atom stereocenters. The number of amides is 4. The summed E-state index contributed by atoms with van der Waals surface area (Å²) >= 11 is 45.2. The predicted octanol–water partition coefficient (Wildman–Crippen LogP) is 12.9. The quantitative estimate of drug-likeness (QED) is 0.0174. The Labute approximate surface area is 820 Å². The number of benzene rings is 8. The molecular weight excluding hydrogens is 1930 g/mol. The second-order valence-corrected chi connectivity index (χ2v) is 41.2. The minimum absolute atomic E-state index is 0.0153. The van der Waals surface area contributed by atoms with E-state index in [4.69, 9.17) is 124 Å². The van der Waals surface area contributed by atoms with E-state index in [1.165, 1.54) is 0 Å². The second kappa shape index (κ2) is 53.9. The van der Waals surface area contributed by atoms with E-state index in [1.807, 2.05) is 69.7 Å². The third-order valence-corrected chi connectivity index (χ3v) is 29.2. The van der Waals surface area contributed by atoms with Gasteiger partial charge in [0.1, 0.15) is 0 Å². The third kappa shape index (κ3) is 33.6. The van der Waals surface area contributed by atoms with Crippen LogP contribution in [0.5, 0.6) is 0 Å². The molecule has 7 N–H and O–H groups in total. The Hall–Kier alpha value is -7.08. The molecule has 3 aliphatic heterocycles. The number of rotatable bonds is 57. The molecule has 134 heavy (non-hydrogen) atoms. The third-order valence-electron chi connectivity index (χ3n) is 22.9. The van der Waals surface area contributed by atoms with Crippen LogP contribution in [0.3, 0.4) is 0 Å². The van der Waals surface area contributed by atoms with E-state index >= 15 is 0 Å². The second-order valence-electron chi connectivity index (χ2n) is 32.9. The minimum atomic E-state index is -3.88. The number of hydrogen-bond donors (Lipinski definition) is 7. The first-order valence-electron chi connectivity index (χ1n) is 44.4. The largest absolute Gasteiger partial charge is 0.378 e. The molecule has 3 atom stereocenters. The summed E-state index contributed by atoms with van der Waals surface area (Å²) in [6, 6.07) is 45.5. The van der Waals surface area contributed by atoms with Gasteiger partial charge in [0.25, 0.3) is 5.91 Å². The fraction of sp³-hybridized carbons (Fsp3) is 0.453. The van der Waals surface area contributed by atoms with Gasteiger partial charge in [0.2, 0.25) is 47.8 Å². The molecule has 0 saturated carbocycles. The van der Waals surface area contributed by atoms with Gasteiger partial charge in [-0.15, -0.1) is 0 Å². The highest BCUT2D eigenvalue weighted by molar-refractivity contribution is 7.90. The van der Waals surface area contributed by atoms with Crippen LogP contribution >= 0.6 is 81.2 Å². The summed E-state index contributed by atoms with van der Waals surface area (Å²) in [6.07, 6.45) is -0.322. The van der Waals surface area contributed by atoms with Gasteiger partial charge in [0, 0.05) is 162 Å². The number of halogens is 7. The van der Waals surface area contributed by atoms with Gasteiger partial charge < -0.3 is 78.6 Å². The Morgan fingerprint density at radius 1 is 0.336 bits per heavy atom. The van der Waals surface area contributed by atoms with Gasteiger partial charge in [-0.25, -0.2) is 39.4 Å². The van der Waals surface area contributed by atoms with Gasteiger partial charge in [-0.2, -0.15) is 0 Å². The highest BCUT2D eigenvalue weighted by Crippen LogP contribution is 2.43. The molecule has 8 aromatic rings. The summed E-state index contributed by atoms with van der Waals surface area (Å²) in [5.74, 6) is -2.07. The van der Waals surface area contributed by atoms with Crippen molar-refractivity contribution in [1.82, 2.24) is 50.1 Å². The lowest BCUT2D eigenvalue weighted by Gasteiger charge is -2.35. The normalized spacial score (nSPS) is 15.9. The van der Waals surface area contributed by atoms with Crippen LogP contribution < -0.4 is 35.4 Å². The monoisotopic (exact) mass is 2040 g/mol. The van der Waals surface area contributed by atoms with Gasteiger partial charge in [-0.1, -0.05) is 142 Å². The van der Waals surface area contributed by atoms with Crippen LogP contribution in [0.15, 0.2) is 172 Å². The van der Waals surface area contributed by atoms with Crippen molar-refractivity contribution in [2.24, 2.45) is 0 Å². The zero-order valence-corrected chi connectivity index (χ0v) is 82.9. The number of hydrogen-bond acceptors (Lipinski definition) is 22. The molecule has 0 radical (unpaired) electrons. The maximum Gasteiger partial charge on any atom is 0.251 e. The maximum absolute atomic E-state index is 14.6. The fourth-order valence-corrected chi connectivity index (χ4v) is 21.2. The Morgan fingerprint density at radius 2 is 0.604 bits per heavy atom. The first-order chi connectivity index (χ1) is 64.4. The van der Waals surface area contributed by atoms with Gasteiger partial charge in [0.05, 0.1) is 134 Å². The number of carbonyl (C=O) groups is 4. The summed E-state index contributed by atoms with van der Waals surface area (Å²) in [4.78, 5) is 62.8. The number of carbonyl (C=O) groups excluding carboxylic acids is 4. The van der Waals surface area contributed by atoms with Crippen molar-refractivity contribution in [3.8, 4) is 11.1 Å². The summed E-state index contributed by atoms with van der Waals surface area (Å²) < 4.78 is 140. The average molecular weight is 2050 g/mol. The van der Waals surface area contributed by atoms with Crippen molar-refractivity contribution in [2.75, 3.05) is 199 Å². The maximum atomic E-state index is 14.6. The average Bonchev–Trinajstić information content (AvgIpc) is 0.777. The smallest absolute Gasteiger partial charge is 0.251 e. The lowest BCUT2D eigenvalue weighted by Crippen LogP contribution is -2.50. The SMILES string of the molecule is CN1Cc2c(Cl)cc(Cl)cc2C(c2cccc(S(=O)(=O)NCCOCCOCCOCCNC(=O)CCC(CCC(=O)NCCOCCOCCOCCNS(=O)(=O)c3cccc(C4CN(C)Cc5c(Cl)cc(Cl)cc54)c3)(CCC(=O)NCCOCCOCCOCCNS(=O)(=O)c3cccc(C4CN(C)Cc5c(Cl)cc(Cl)cc54)c3)NC(=O)c3ccc(-c4ccc(Cl)cc4)cc3)c2)C1. The van der Waals surface area contributed by atoms with Crippen LogP contribution in [0.4, 0.5) is 0 Å². The molecule has 3 aliphatic rings. The summed E-state index contributed by atoms with van der Waals surface area (Å²) in [5, 5.41) is 15.6. The highest BCUT2D eigenvalue weighted by Gasteiger charge is 2.36. The lowest BCUT2D eigenvalue weighted by atomic mass is 9.82. The molecule has 11 rings (SSSR count). The molecule has 29 nitrogen and oxygen atoms in total. The van der Waals surface area contributed by atoms with Crippen LogP contribution in [-0.2, 0) is 107 Å². The van der Waals surface area contributed by atoms with Gasteiger partial charge >= 0.3 is 0 Å². The first kappa shape index (κ1) is 107. The summed E-state index contributed by atoms with van der Waals surface area (Å²) in [5.41, 5.74) is 8.91. The van der Waals surface area contributed by atoms with E-state index in [1.54, 1.807) is 109 Å². The Balaban J connectivity index is 0.610. The van der Waals surface area contributed by atoms with Crippen molar-refractivity contribution in [3.05, 3.63) is 249 Å². The molecule has 3 heterocycles. The zero-order valence-electron chi connectivity index (χ0n) is 75.2. The Morgan fingerprint density at radius 3 is 0.896 bits per heavy atom. The molecule has 0 aliphatic carbocycles. The van der Waals surface area contributed by atoms with Gasteiger partial charge in [-0.05, 0) is 199 Å². The van der Waals surface area contributed by atoms with Crippen molar-refractivity contribution in [2.45, 2.75) is 96.1 Å². The standard InChI is InChI=1S/C95H117Cl7N10O19S3/c1-110-60-82(79-54-73(97)57-88(100)85(79)63-110)69-7-4-10-76(51-69)132(117,118)106-30-36-126-42-48-129-45-39-123-33-27-103-91(113)21-24-95(109-94(116)68-15-13-66(14-16-68)67-17-19-72(96)20-18-67,25-22-92(114)104-28-34-124-40-46-130-49-43-127-37-31-107-133(119,120)77-11-5-8-70(52-77)83-61-111(2)64-86-80(83)55-74(98)58-89(86)101)26-23-93(115)105-29-35-125-41-47-131-50-44-128-38-32-108-134(121,122)78-12-6-9-71(53-78)84-62-112(3)65-87-81(84)56-75(99)59-90(87)102/h4-20,51-59,82-84,106-108H,21-50,60-65H2,1-3H3,(H,103,113)(H,104,114)(H,105,115)(H,109,116). The molecule has 0 spiro atoms. The molecular formula is C95H117Cl7N10O19S3. The Bertz CT molecular complexity index is 5120. The number of fused-ring (bicyclic) bond motifs is 3. The van der Waals surface area contributed by atoms with E-state index in [9.17, 15) is 44.4 Å². The van der Waals surface area contributed by atoms with E-state index in [2.05, 4.69) is 50.1 Å². The molecule has 39 heteroatoms. The molecule has 0 fully saturated rings. The van der Waals surface area contributed by atoms with Crippen molar-refractivity contribution >= 4 is 135 Å². The van der Waals surface area contributed by atoms with Crippen molar-refractivity contribution in [3.63, 3.8) is 0 Å². The highest BCUT2D eigenvalue weighted by atomic mass is 35.5. The minimum Gasteiger partial charge on any atom is -0.378 e. The molecule has 0 bridgehead atoms. The van der Waals surface area contributed by atoms with Crippen LogP contribution in [0.1, 0.15) is 117 Å². The molecule has 728 valence electrons. The fourth-order valence-electron chi connectivity index (χ4n) is 16.2. The molecule has 0 saturated heterocycles. The number of nitrogens with zero attached hydrogens (tertiary/aromatic N) is 3. The molecule has 0 aromatic heterocycles. The van der Waals surface area contributed by atoms with Crippen molar-refractivity contribution in [1.29, 1.82) is 0 Å². The van der Waals surface area contributed by atoms with Gasteiger partial charge in [0.15, 0.2) is 0 Å². The number of nitrogens with one attached hydrogen (secondary N) is 7. The van der Waals surface area contributed by atoms with Crippen LogP contribution in [-0.4, -0.2) is 268 Å². The van der Waals surface area contributed by atoms with Crippen LogP contribution in [0, 0.1) is 0 Å². The van der Waals surface area contributed by atoms with Gasteiger partial charge in [-0.3, -0.25) is 19.2 Å². The van der Waals surface area contributed by atoms with Crippen LogP contribution in [0.2, 0.25) is 35.2 Å². The van der Waals surface area contributed by atoms with E-state index < -0.39 is 41.5 Å². The van der Waals surface area contributed by atoms with E-state index in [-0.39, 0.29) is 252 Å². The zero-order chi connectivity index (χ0) is 95.6. The summed E-state index contributed by atoms with van der Waals surface area (Å²) in [7, 11) is -5.68. The first-order valence-corrected chi connectivity index (χ1v) is 51.5. The van der Waals surface area contributed by atoms with E-state index in [0.29, 0.717) is 74.4 Å². The van der Waals surface area contributed by atoms with Crippen LogP contribution in [0.25, 0.3) is 11.1 Å². The number of likely N-dealkylation sites (N-methyl/N-ethyl adjacent to an activating group) is 3. The topological polar surface area (TPSA) is 348 Å². The Kier molecular flexibility index (Phi) is 43.2. The number of ether oxygens (including phenoxy) is 9. The van der Waals surface area contributed by atoms with E-state index in [0.717, 1.165) is 61.2 Å². The number of sulfonamides is 3. The predicted molar refractivity (Wildman–Crippen MR) is 520 cm³/mol. The van der Waals surface area contributed by atoms with Crippen molar-refractivity contribution < 1.29 is 87.1 Å². The molecule has 8 aromatic carbocycles. The summed E-state index contributed by atoms with van der Waals surface area (Å²) in [6.45, 7) is 7.38. The molecule has 4 amide bonds. The lowest BCUT2D eigenvalue weighted by molar-refractivity contribution is -0.121.